The van der Waals surface area contributed by atoms with E-state index in [4.69, 9.17) is 11.6 Å². The summed E-state index contributed by atoms with van der Waals surface area (Å²) in [5.41, 5.74) is 1.52. The third-order valence-corrected chi connectivity index (χ3v) is 2.91. The zero-order valence-corrected chi connectivity index (χ0v) is 10.2. The number of halogens is 1. The normalized spacial score (nSPS) is 10.2. The van der Waals surface area contributed by atoms with Crippen LogP contribution in [0.4, 0.5) is 0 Å². The molecule has 2 rings (SSSR count). The molecule has 0 fully saturated rings. The molecule has 1 aromatic heterocycles. The molecule has 88 valence electrons. The van der Waals surface area contributed by atoms with Crippen LogP contribution in [0.1, 0.15) is 16.1 Å². The SMILES string of the molecule is CN(Cc1ccccc1Cl)C(=O)c1ccc[nH]1. The van der Waals surface area contributed by atoms with Gasteiger partial charge in [-0.25, -0.2) is 0 Å². The minimum absolute atomic E-state index is 0.0464. The monoisotopic (exact) mass is 248 g/mol. The van der Waals surface area contributed by atoms with Gasteiger partial charge in [0.05, 0.1) is 0 Å². The molecule has 2 aromatic rings. The van der Waals surface area contributed by atoms with Crippen LogP contribution in [0.15, 0.2) is 42.6 Å². The second-order valence-corrected chi connectivity index (χ2v) is 4.24. The van der Waals surface area contributed by atoms with Gasteiger partial charge in [-0.2, -0.15) is 0 Å². The Kier molecular flexibility index (Phi) is 3.49. The zero-order valence-electron chi connectivity index (χ0n) is 9.48. The van der Waals surface area contributed by atoms with Crippen LogP contribution in [0.5, 0.6) is 0 Å². The largest absolute Gasteiger partial charge is 0.357 e. The molecule has 0 aliphatic heterocycles. The number of hydrogen-bond acceptors (Lipinski definition) is 1. The van der Waals surface area contributed by atoms with Gasteiger partial charge in [-0.1, -0.05) is 29.8 Å². The van der Waals surface area contributed by atoms with Gasteiger partial charge in [0.25, 0.3) is 5.91 Å². The summed E-state index contributed by atoms with van der Waals surface area (Å²) in [4.78, 5) is 16.5. The van der Waals surface area contributed by atoms with Crippen molar-refractivity contribution in [3.63, 3.8) is 0 Å². The van der Waals surface area contributed by atoms with Gasteiger partial charge in [0.15, 0.2) is 0 Å². The van der Waals surface area contributed by atoms with Gasteiger partial charge in [0, 0.05) is 24.8 Å². The molecule has 0 radical (unpaired) electrons. The Labute approximate surface area is 105 Å². The van der Waals surface area contributed by atoms with E-state index in [2.05, 4.69) is 4.98 Å². The number of amides is 1. The highest BCUT2D eigenvalue weighted by atomic mass is 35.5. The summed E-state index contributed by atoms with van der Waals surface area (Å²) in [6.45, 7) is 0.498. The number of nitrogens with one attached hydrogen (secondary N) is 1. The van der Waals surface area contributed by atoms with Crippen LogP contribution in [-0.2, 0) is 6.54 Å². The van der Waals surface area contributed by atoms with Crippen molar-refractivity contribution in [1.82, 2.24) is 9.88 Å². The maximum absolute atomic E-state index is 12.0. The van der Waals surface area contributed by atoms with Crippen LogP contribution in [-0.4, -0.2) is 22.8 Å². The maximum atomic E-state index is 12.0. The lowest BCUT2D eigenvalue weighted by atomic mass is 10.2. The second-order valence-electron chi connectivity index (χ2n) is 3.84. The van der Waals surface area contributed by atoms with E-state index in [1.807, 2.05) is 24.3 Å². The molecular formula is C13H13ClN2O. The van der Waals surface area contributed by atoms with Crippen molar-refractivity contribution in [2.75, 3.05) is 7.05 Å². The van der Waals surface area contributed by atoms with E-state index in [1.165, 1.54) is 0 Å². The molecule has 4 heteroatoms. The first-order valence-electron chi connectivity index (χ1n) is 5.31. The van der Waals surface area contributed by atoms with Gasteiger partial charge in [-0.05, 0) is 23.8 Å². The van der Waals surface area contributed by atoms with E-state index in [0.717, 1.165) is 5.56 Å². The summed E-state index contributed by atoms with van der Waals surface area (Å²) >= 11 is 6.05. The molecule has 0 unspecified atom stereocenters. The molecule has 0 saturated carbocycles. The van der Waals surface area contributed by atoms with E-state index in [9.17, 15) is 4.79 Å². The van der Waals surface area contributed by atoms with Crippen LogP contribution >= 0.6 is 11.6 Å². The van der Waals surface area contributed by atoms with Crippen LogP contribution in [0.25, 0.3) is 0 Å². The fourth-order valence-corrected chi connectivity index (χ4v) is 1.82. The number of carbonyl (C=O) groups excluding carboxylic acids is 1. The van der Waals surface area contributed by atoms with Crippen molar-refractivity contribution in [2.24, 2.45) is 0 Å². The number of H-pyrrole nitrogens is 1. The summed E-state index contributed by atoms with van der Waals surface area (Å²) in [5, 5.41) is 0.679. The highest BCUT2D eigenvalue weighted by Crippen LogP contribution is 2.17. The first kappa shape index (κ1) is 11.7. The lowest BCUT2D eigenvalue weighted by Crippen LogP contribution is -2.26. The molecule has 0 spiro atoms. The van der Waals surface area contributed by atoms with Gasteiger partial charge >= 0.3 is 0 Å². The Balaban J connectivity index is 2.10. The number of nitrogens with zero attached hydrogens (tertiary/aromatic N) is 1. The van der Waals surface area contributed by atoms with Gasteiger partial charge in [0.1, 0.15) is 5.69 Å². The van der Waals surface area contributed by atoms with Crippen LogP contribution in [0.3, 0.4) is 0 Å². The van der Waals surface area contributed by atoms with Gasteiger partial charge in [0.2, 0.25) is 0 Å². The van der Waals surface area contributed by atoms with E-state index in [1.54, 1.807) is 30.3 Å². The number of rotatable bonds is 3. The molecule has 3 nitrogen and oxygen atoms in total. The Bertz CT molecular complexity index is 508. The smallest absolute Gasteiger partial charge is 0.270 e. The molecule has 0 saturated heterocycles. The Morgan fingerprint density at radius 1 is 1.29 bits per heavy atom. The predicted octanol–water partition coefficient (Wildman–Crippen LogP) is 2.94. The Hall–Kier alpha value is -1.74. The zero-order chi connectivity index (χ0) is 12.3. The maximum Gasteiger partial charge on any atom is 0.270 e. The number of benzene rings is 1. The molecule has 0 atom stereocenters. The molecule has 1 N–H and O–H groups in total. The summed E-state index contributed by atoms with van der Waals surface area (Å²) in [6.07, 6.45) is 1.73. The average molecular weight is 249 g/mol. The standard InChI is InChI=1S/C13H13ClN2O/c1-16(13(17)12-7-4-8-15-12)9-10-5-2-3-6-11(10)14/h2-8,15H,9H2,1H3. The number of hydrogen-bond donors (Lipinski definition) is 1. The van der Waals surface area contributed by atoms with Crippen molar-refractivity contribution in [1.29, 1.82) is 0 Å². The van der Waals surface area contributed by atoms with E-state index >= 15 is 0 Å². The van der Waals surface area contributed by atoms with Crippen molar-refractivity contribution in [3.05, 3.63) is 58.9 Å². The highest BCUT2D eigenvalue weighted by Gasteiger charge is 2.13. The molecule has 1 heterocycles. The molecule has 17 heavy (non-hydrogen) atoms. The van der Waals surface area contributed by atoms with Gasteiger partial charge < -0.3 is 9.88 Å². The fourth-order valence-electron chi connectivity index (χ4n) is 1.62. The van der Waals surface area contributed by atoms with Gasteiger partial charge in [-0.3, -0.25) is 4.79 Å². The number of aromatic amines is 1. The van der Waals surface area contributed by atoms with Crippen molar-refractivity contribution in [3.8, 4) is 0 Å². The van der Waals surface area contributed by atoms with Crippen molar-refractivity contribution < 1.29 is 4.79 Å². The predicted molar refractivity (Wildman–Crippen MR) is 68.0 cm³/mol. The van der Waals surface area contributed by atoms with Crippen LogP contribution < -0.4 is 0 Å². The minimum atomic E-state index is -0.0464. The van der Waals surface area contributed by atoms with Crippen molar-refractivity contribution >= 4 is 17.5 Å². The topological polar surface area (TPSA) is 36.1 Å². The molecule has 1 amide bonds. The average Bonchev–Trinajstić information content (AvgIpc) is 2.84. The molecular weight excluding hydrogens is 236 g/mol. The van der Waals surface area contributed by atoms with Gasteiger partial charge in [-0.15, -0.1) is 0 Å². The molecule has 1 aromatic carbocycles. The van der Waals surface area contributed by atoms with Crippen LogP contribution in [0.2, 0.25) is 5.02 Å². The summed E-state index contributed by atoms with van der Waals surface area (Å²) < 4.78 is 0. The van der Waals surface area contributed by atoms with E-state index in [-0.39, 0.29) is 5.91 Å². The minimum Gasteiger partial charge on any atom is -0.357 e. The van der Waals surface area contributed by atoms with E-state index in [0.29, 0.717) is 17.3 Å². The molecule has 0 bridgehead atoms. The second kappa shape index (κ2) is 5.06. The summed E-state index contributed by atoms with van der Waals surface area (Å²) in [5.74, 6) is -0.0464. The lowest BCUT2D eigenvalue weighted by molar-refractivity contribution is 0.0780. The lowest BCUT2D eigenvalue weighted by Gasteiger charge is -2.17. The Morgan fingerprint density at radius 2 is 2.06 bits per heavy atom. The molecule has 0 aliphatic rings. The third kappa shape index (κ3) is 2.68. The third-order valence-electron chi connectivity index (χ3n) is 2.54. The summed E-state index contributed by atoms with van der Waals surface area (Å²) in [7, 11) is 1.76. The van der Waals surface area contributed by atoms with Crippen LogP contribution in [0, 0.1) is 0 Å². The first-order chi connectivity index (χ1) is 8.18. The number of carbonyl (C=O) groups is 1. The van der Waals surface area contributed by atoms with Crippen molar-refractivity contribution in [2.45, 2.75) is 6.54 Å². The first-order valence-corrected chi connectivity index (χ1v) is 5.68. The highest BCUT2D eigenvalue weighted by molar-refractivity contribution is 6.31. The Morgan fingerprint density at radius 3 is 2.71 bits per heavy atom. The quantitative estimate of drug-likeness (QED) is 0.891. The number of aromatic nitrogens is 1. The molecule has 0 aliphatic carbocycles. The van der Waals surface area contributed by atoms with E-state index < -0.39 is 0 Å². The summed E-state index contributed by atoms with van der Waals surface area (Å²) in [6, 6.07) is 11.1. The fraction of sp³-hybridized carbons (Fsp3) is 0.154.